The lowest BCUT2D eigenvalue weighted by molar-refractivity contribution is -0.127. The largest absolute Gasteiger partial charge is 0.341 e. The summed E-state index contributed by atoms with van der Waals surface area (Å²) >= 11 is 6.26. The molecule has 0 fully saturated rings. The van der Waals surface area contributed by atoms with Gasteiger partial charge in [0.05, 0.1) is 5.75 Å². The minimum Gasteiger partial charge on any atom is -0.341 e. The van der Waals surface area contributed by atoms with Gasteiger partial charge in [0.2, 0.25) is 5.91 Å². The molecular formula is C12H12BrN3OS2. The molecule has 2 aromatic rings. The number of benzene rings is 1. The van der Waals surface area contributed by atoms with Gasteiger partial charge in [-0.05, 0) is 17.7 Å². The number of aromatic nitrogens is 2. The monoisotopic (exact) mass is 357 g/mol. The van der Waals surface area contributed by atoms with Crippen molar-refractivity contribution >= 4 is 44.9 Å². The van der Waals surface area contributed by atoms with Crippen LogP contribution in [0.4, 0.5) is 0 Å². The Hall–Kier alpha value is -0.920. The van der Waals surface area contributed by atoms with Crippen LogP contribution in [0.5, 0.6) is 0 Å². The number of nitrogens with zero attached hydrogens (tertiary/aromatic N) is 3. The normalized spacial score (nSPS) is 10.4. The molecule has 0 spiro atoms. The van der Waals surface area contributed by atoms with E-state index in [4.69, 9.17) is 0 Å². The molecule has 0 atom stereocenters. The summed E-state index contributed by atoms with van der Waals surface area (Å²) in [7, 11) is 1.81. The third-order valence-electron chi connectivity index (χ3n) is 2.42. The zero-order valence-electron chi connectivity index (χ0n) is 10.2. The van der Waals surface area contributed by atoms with E-state index in [-0.39, 0.29) is 5.91 Å². The van der Waals surface area contributed by atoms with Gasteiger partial charge >= 0.3 is 0 Å². The van der Waals surface area contributed by atoms with Gasteiger partial charge in [0.25, 0.3) is 0 Å². The molecule has 0 N–H and O–H groups in total. The third kappa shape index (κ3) is 4.59. The number of rotatable bonds is 5. The van der Waals surface area contributed by atoms with Crippen molar-refractivity contribution in [3.8, 4) is 0 Å². The Morgan fingerprint density at radius 3 is 2.79 bits per heavy atom. The second kappa shape index (κ2) is 7.02. The molecule has 1 aromatic heterocycles. The fraction of sp³-hybridized carbons (Fsp3) is 0.250. The SMILES string of the molecule is CN(Cc1ccc(Br)cc1)C(=O)CSc1nncs1. The fourth-order valence-electron chi connectivity index (χ4n) is 1.41. The maximum Gasteiger partial charge on any atom is 0.233 e. The number of hydrogen-bond donors (Lipinski definition) is 0. The molecule has 1 heterocycles. The molecular weight excluding hydrogens is 346 g/mol. The van der Waals surface area contributed by atoms with Gasteiger partial charge < -0.3 is 4.90 Å². The first kappa shape index (κ1) is 14.5. The molecule has 0 aliphatic carbocycles. The van der Waals surface area contributed by atoms with Crippen LogP contribution in [0.25, 0.3) is 0 Å². The highest BCUT2D eigenvalue weighted by atomic mass is 79.9. The molecule has 0 saturated carbocycles. The van der Waals surface area contributed by atoms with E-state index in [0.717, 1.165) is 14.4 Å². The molecule has 0 unspecified atom stereocenters. The average molecular weight is 358 g/mol. The van der Waals surface area contributed by atoms with Crippen molar-refractivity contribution in [2.45, 2.75) is 10.9 Å². The predicted octanol–water partition coefficient (Wildman–Crippen LogP) is 3.05. The standard InChI is InChI=1S/C12H12BrN3OS2/c1-16(6-9-2-4-10(13)5-3-9)11(17)7-18-12-15-14-8-19-12/h2-5,8H,6-7H2,1H3. The summed E-state index contributed by atoms with van der Waals surface area (Å²) in [6, 6.07) is 7.96. The van der Waals surface area contributed by atoms with Gasteiger partial charge in [-0.1, -0.05) is 51.2 Å². The summed E-state index contributed by atoms with van der Waals surface area (Å²) in [5, 5.41) is 7.64. The van der Waals surface area contributed by atoms with Crippen molar-refractivity contribution in [1.82, 2.24) is 15.1 Å². The number of carbonyl (C=O) groups is 1. The number of hydrogen-bond acceptors (Lipinski definition) is 5. The van der Waals surface area contributed by atoms with E-state index >= 15 is 0 Å². The van der Waals surface area contributed by atoms with E-state index < -0.39 is 0 Å². The Labute approximate surface area is 128 Å². The van der Waals surface area contributed by atoms with E-state index in [9.17, 15) is 4.79 Å². The average Bonchev–Trinajstić information content (AvgIpc) is 2.91. The van der Waals surface area contributed by atoms with Gasteiger partial charge in [0.1, 0.15) is 5.51 Å². The molecule has 0 saturated heterocycles. The lowest BCUT2D eigenvalue weighted by atomic mass is 10.2. The Morgan fingerprint density at radius 1 is 1.42 bits per heavy atom. The summed E-state index contributed by atoms with van der Waals surface area (Å²) in [4.78, 5) is 13.7. The predicted molar refractivity (Wildman–Crippen MR) is 81.2 cm³/mol. The summed E-state index contributed by atoms with van der Waals surface area (Å²) < 4.78 is 1.86. The molecule has 1 aromatic carbocycles. The molecule has 0 aliphatic rings. The molecule has 19 heavy (non-hydrogen) atoms. The van der Waals surface area contributed by atoms with Crippen LogP contribution in [0.3, 0.4) is 0 Å². The van der Waals surface area contributed by atoms with E-state index in [1.165, 1.54) is 23.1 Å². The lowest BCUT2D eigenvalue weighted by Gasteiger charge is -2.16. The molecule has 4 nitrogen and oxygen atoms in total. The fourth-order valence-corrected chi connectivity index (χ4v) is 3.10. The molecule has 0 aliphatic heterocycles. The summed E-state index contributed by atoms with van der Waals surface area (Å²) in [6.45, 7) is 0.614. The number of amides is 1. The summed E-state index contributed by atoms with van der Waals surface area (Å²) in [5.74, 6) is 0.477. The smallest absolute Gasteiger partial charge is 0.233 e. The maximum atomic E-state index is 12.0. The van der Waals surface area contributed by atoms with Crippen LogP contribution in [0, 0.1) is 0 Å². The van der Waals surface area contributed by atoms with E-state index in [1.807, 2.05) is 31.3 Å². The summed E-state index contributed by atoms with van der Waals surface area (Å²) in [5.41, 5.74) is 2.78. The van der Waals surface area contributed by atoms with Crippen molar-refractivity contribution in [2.75, 3.05) is 12.8 Å². The Morgan fingerprint density at radius 2 is 2.16 bits per heavy atom. The number of carbonyl (C=O) groups excluding carboxylic acids is 1. The second-order valence-corrected chi connectivity index (χ2v) is 6.84. The first-order chi connectivity index (χ1) is 9.15. The molecule has 2 rings (SSSR count). The van der Waals surface area contributed by atoms with Crippen LogP contribution < -0.4 is 0 Å². The highest BCUT2D eigenvalue weighted by molar-refractivity contribution is 9.10. The van der Waals surface area contributed by atoms with Crippen molar-refractivity contribution < 1.29 is 4.79 Å². The van der Waals surface area contributed by atoms with Crippen molar-refractivity contribution in [3.63, 3.8) is 0 Å². The molecule has 7 heteroatoms. The first-order valence-electron chi connectivity index (χ1n) is 5.52. The van der Waals surface area contributed by atoms with Crippen LogP contribution in [0.1, 0.15) is 5.56 Å². The van der Waals surface area contributed by atoms with Crippen molar-refractivity contribution in [1.29, 1.82) is 0 Å². The molecule has 0 radical (unpaired) electrons. The van der Waals surface area contributed by atoms with Gasteiger partial charge in [0, 0.05) is 18.1 Å². The molecule has 100 valence electrons. The van der Waals surface area contributed by atoms with Gasteiger partial charge in [-0.15, -0.1) is 10.2 Å². The molecule has 0 bridgehead atoms. The Bertz CT molecular complexity index is 530. The van der Waals surface area contributed by atoms with Crippen LogP contribution in [0.2, 0.25) is 0 Å². The maximum absolute atomic E-state index is 12.0. The van der Waals surface area contributed by atoms with E-state index in [1.54, 1.807) is 10.4 Å². The lowest BCUT2D eigenvalue weighted by Crippen LogP contribution is -2.27. The van der Waals surface area contributed by atoms with Gasteiger partial charge in [-0.25, -0.2) is 0 Å². The highest BCUT2D eigenvalue weighted by Crippen LogP contribution is 2.19. The topological polar surface area (TPSA) is 46.1 Å². The zero-order valence-corrected chi connectivity index (χ0v) is 13.5. The van der Waals surface area contributed by atoms with Crippen LogP contribution in [0.15, 0.2) is 38.6 Å². The second-order valence-electron chi connectivity index (χ2n) is 3.87. The Balaban J connectivity index is 1.83. The van der Waals surface area contributed by atoms with Gasteiger partial charge in [0.15, 0.2) is 4.34 Å². The minimum absolute atomic E-state index is 0.0862. The van der Waals surface area contributed by atoms with Gasteiger partial charge in [-0.2, -0.15) is 0 Å². The zero-order chi connectivity index (χ0) is 13.7. The number of thioether (sulfide) groups is 1. The Kier molecular flexibility index (Phi) is 5.35. The van der Waals surface area contributed by atoms with E-state index in [0.29, 0.717) is 12.3 Å². The highest BCUT2D eigenvalue weighted by Gasteiger charge is 2.11. The first-order valence-corrected chi connectivity index (χ1v) is 8.18. The summed E-state index contributed by atoms with van der Waals surface area (Å²) in [6.07, 6.45) is 0. The molecule has 1 amide bonds. The van der Waals surface area contributed by atoms with Crippen LogP contribution in [-0.2, 0) is 11.3 Å². The van der Waals surface area contributed by atoms with Crippen molar-refractivity contribution in [3.05, 3.63) is 39.8 Å². The van der Waals surface area contributed by atoms with Crippen LogP contribution in [-0.4, -0.2) is 33.8 Å². The van der Waals surface area contributed by atoms with E-state index in [2.05, 4.69) is 26.1 Å². The van der Waals surface area contributed by atoms with Gasteiger partial charge in [-0.3, -0.25) is 4.79 Å². The van der Waals surface area contributed by atoms with Crippen LogP contribution >= 0.6 is 39.0 Å². The van der Waals surface area contributed by atoms with Crippen molar-refractivity contribution in [2.24, 2.45) is 0 Å². The third-order valence-corrected chi connectivity index (χ3v) is 4.79. The quantitative estimate of drug-likeness (QED) is 0.771. The number of halogens is 1. The minimum atomic E-state index is 0.0862.